The summed E-state index contributed by atoms with van der Waals surface area (Å²) in [5.74, 6) is -0.00533. The van der Waals surface area contributed by atoms with E-state index in [2.05, 4.69) is 0 Å². The van der Waals surface area contributed by atoms with Gasteiger partial charge in [0.2, 0.25) is 0 Å². The molecule has 0 aliphatic carbocycles. The van der Waals surface area contributed by atoms with E-state index in [1.54, 1.807) is 0 Å². The average Bonchev–Trinajstić information content (AvgIpc) is 2.81. The molecular weight excluding hydrogens is 256 g/mol. The van der Waals surface area contributed by atoms with Gasteiger partial charge >= 0.3 is 0 Å². The Hall–Kier alpha value is -0.940. The number of hydrogen-bond donors (Lipinski definition) is 0. The monoisotopic (exact) mass is 271 g/mol. The van der Waals surface area contributed by atoms with Crippen LogP contribution in [0.4, 0.5) is 8.78 Å². The van der Waals surface area contributed by atoms with E-state index in [0.717, 1.165) is 30.1 Å². The second kappa shape index (κ2) is 5.80. The summed E-state index contributed by atoms with van der Waals surface area (Å²) < 4.78 is 26.9. The summed E-state index contributed by atoms with van der Waals surface area (Å²) in [7, 11) is 1.83. The highest BCUT2D eigenvalue weighted by Gasteiger charge is 2.24. The van der Waals surface area contributed by atoms with Crippen molar-refractivity contribution >= 4 is 17.5 Å². The normalized spacial score (nSPS) is 19.4. The van der Waals surface area contributed by atoms with Crippen molar-refractivity contribution in [3.8, 4) is 0 Å². The van der Waals surface area contributed by atoms with Crippen LogP contribution in [-0.4, -0.2) is 41.8 Å². The third-order valence-electron chi connectivity index (χ3n) is 3.16. The number of nitrogens with zero attached hydrogens (tertiary/aromatic N) is 1. The molecule has 0 N–H and O–H groups in total. The van der Waals surface area contributed by atoms with Gasteiger partial charge in [0.05, 0.1) is 12.1 Å². The molecular formula is C13H15F2NOS. The fourth-order valence-electron chi connectivity index (χ4n) is 2.07. The van der Waals surface area contributed by atoms with Gasteiger partial charge in [0.15, 0.2) is 5.78 Å². The van der Waals surface area contributed by atoms with Crippen molar-refractivity contribution in [1.29, 1.82) is 0 Å². The maximum atomic E-state index is 13.4. The molecule has 1 heterocycles. The maximum absolute atomic E-state index is 13.4. The first-order valence-electron chi connectivity index (χ1n) is 5.85. The van der Waals surface area contributed by atoms with E-state index in [-0.39, 0.29) is 6.54 Å². The van der Waals surface area contributed by atoms with Crippen molar-refractivity contribution in [3.63, 3.8) is 0 Å². The Morgan fingerprint density at radius 1 is 1.44 bits per heavy atom. The molecule has 1 aromatic carbocycles. The number of likely N-dealkylation sites (N-methyl/N-ethyl adjacent to an activating group) is 1. The minimum absolute atomic E-state index is 0.0586. The van der Waals surface area contributed by atoms with E-state index in [9.17, 15) is 13.6 Å². The number of carbonyl (C=O) groups excluding carboxylic acids is 1. The molecule has 0 amide bonds. The average molecular weight is 271 g/mol. The predicted molar refractivity (Wildman–Crippen MR) is 69.0 cm³/mol. The number of rotatable bonds is 4. The fourth-order valence-corrected chi connectivity index (χ4v) is 3.37. The third-order valence-corrected chi connectivity index (χ3v) is 4.31. The van der Waals surface area contributed by atoms with Crippen LogP contribution in [-0.2, 0) is 0 Å². The molecule has 0 aromatic heterocycles. The largest absolute Gasteiger partial charge is 0.295 e. The van der Waals surface area contributed by atoms with Crippen LogP contribution >= 0.6 is 11.8 Å². The van der Waals surface area contributed by atoms with E-state index in [0.29, 0.717) is 6.04 Å². The molecule has 0 saturated carbocycles. The summed E-state index contributed by atoms with van der Waals surface area (Å²) >= 11 is 1.84. The van der Waals surface area contributed by atoms with Gasteiger partial charge in [-0.05, 0) is 31.4 Å². The number of Topliss-reactive ketones (excluding diaryl/α,β-unsaturated/α-hetero) is 1. The molecule has 0 radical (unpaired) electrons. The van der Waals surface area contributed by atoms with Crippen molar-refractivity contribution < 1.29 is 13.6 Å². The first-order chi connectivity index (χ1) is 8.59. The predicted octanol–water partition coefficient (Wildman–Crippen LogP) is 2.58. The van der Waals surface area contributed by atoms with Crippen LogP contribution in [0.3, 0.4) is 0 Å². The van der Waals surface area contributed by atoms with Crippen molar-refractivity contribution in [3.05, 3.63) is 35.4 Å². The second-order valence-electron chi connectivity index (χ2n) is 4.45. The topological polar surface area (TPSA) is 20.3 Å². The highest BCUT2D eigenvalue weighted by atomic mass is 32.2. The number of benzene rings is 1. The molecule has 98 valence electrons. The summed E-state index contributed by atoms with van der Waals surface area (Å²) in [6.07, 6.45) is 1.02. The second-order valence-corrected chi connectivity index (χ2v) is 5.60. The van der Waals surface area contributed by atoms with Gasteiger partial charge in [0, 0.05) is 11.8 Å². The molecule has 1 aliphatic rings. The van der Waals surface area contributed by atoms with E-state index in [1.807, 2.05) is 23.7 Å². The van der Waals surface area contributed by atoms with Gasteiger partial charge in [-0.2, -0.15) is 11.8 Å². The summed E-state index contributed by atoms with van der Waals surface area (Å²) in [6, 6.07) is 3.82. The molecule has 1 saturated heterocycles. The zero-order valence-electron chi connectivity index (χ0n) is 10.2. The van der Waals surface area contributed by atoms with Gasteiger partial charge in [-0.1, -0.05) is 6.07 Å². The van der Waals surface area contributed by atoms with Gasteiger partial charge in [0.25, 0.3) is 0 Å². The van der Waals surface area contributed by atoms with E-state index >= 15 is 0 Å². The van der Waals surface area contributed by atoms with Crippen LogP contribution < -0.4 is 0 Å². The molecule has 5 heteroatoms. The van der Waals surface area contributed by atoms with Gasteiger partial charge < -0.3 is 0 Å². The summed E-state index contributed by atoms with van der Waals surface area (Å²) in [6.45, 7) is 0.0586. The molecule has 1 unspecified atom stereocenters. The lowest BCUT2D eigenvalue weighted by Gasteiger charge is -2.22. The van der Waals surface area contributed by atoms with Crippen LogP contribution in [0.5, 0.6) is 0 Å². The molecule has 0 bridgehead atoms. The van der Waals surface area contributed by atoms with E-state index < -0.39 is 23.0 Å². The Bertz CT molecular complexity index is 426. The quantitative estimate of drug-likeness (QED) is 0.785. The maximum Gasteiger partial charge on any atom is 0.182 e. The zero-order chi connectivity index (χ0) is 13.1. The Morgan fingerprint density at radius 3 is 2.67 bits per heavy atom. The number of carbonyl (C=O) groups is 1. The number of halogens is 2. The lowest BCUT2D eigenvalue weighted by molar-refractivity contribution is 0.0918. The van der Waals surface area contributed by atoms with Crippen LogP contribution in [0.15, 0.2) is 18.2 Å². The van der Waals surface area contributed by atoms with E-state index in [4.69, 9.17) is 0 Å². The van der Waals surface area contributed by atoms with Crippen LogP contribution in [0.25, 0.3) is 0 Å². The Kier molecular flexibility index (Phi) is 4.35. The number of hydrogen-bond acceptors (Lipinski definition) is 3. The van der Waals surface area contributed by atoms with Crippen molar-refractivity contribution in [2.45, 2.75) is 12.5 Å². The highest BCUT2D eigenvalue weighted by Crippen LogP contribution is 2.22. The molecule has 2 rings (SSSR count). The van der Waals surface area contributed by atoms with Gasteiger partial charge in [-0.25, -0.2) is 8.78 Å². The molecule has 1 aliphatic heterocycles. The van der Waals surface area contributed by atoms with Gasteiger partial charge in [0.1, 0.15) is 11.6 Å². The number of ketones is 1. The first kappa shape index (κ1) is 13.5. The van der Waals surface area contributed by atoms with Crippen molar-refractivity contribution in [2.75, 3.05) is 25.1 Å². The van der Waals surface area contributed by atoms with Gasteiger partial charge in [-0.15, -0.1) is 0 Å². The lowest BCUT2D eigenvalue weighted by atomic mass is 10.1. The molecule has 1 atom stereocenters. The minimum atomic E-state index is -0.783. The van der Waals surface area contributed by atoms with Gasteiger partial charge in [-0.3, -0.25) is 9.69 Å². The molecule has 0 spiro atoms. The standard InChI is InChI=1S/C13H15F2NOS/c1-16(9-5-6-18-8-9)7-12(17)13-10(14)3-2-4-11(13)15/h2-4,9H,5-8H2,1H3. The molecule has 18 heavy (non-hydrogen) atoms. The van der Waals surface area contributed by atoms with Crippen molar-refractivity contribution in [2.24, 2.45) is 0 Å². The zero-order valence-corrected chi connectivity index (χ0v) is 11.0. The fraction of sp³-hybridized carbons (Fsp3) is 0.462. The van der Waals surface area contributed by atoms with Crippen LogP contribution in [0.2, 0.25) is 0 Å². The van der Waals surface area contributed by atoms with Crippen LogP contribution in [0, 0.1) is 11.6 Å². The first-order valence-corrected chi connectivity index (χ1v) is 7.00. The van der Waals surface area contributed by atoms with E-state index in [1.165, 1.54) is 6.07 Å². The molecule has 2 nitrogen and oxygen atoms in total. The Morgan fingerprint density at radius 2 is 2.11 bits per heavy atom. The Balaban J connectivity index is 2.07. The minimum Gasteiger partial charge on any atom is -0.295 e. The lowest BCUT2D eigenvalue weighted by Crippen LogP contribution is -2.36. The summed E-state index contributed by atoms with van der Waals surface area (Å²) in [5, 5.41) is 0. The SMILES string of the molecule is CN(CC(=O)c1c(F)cccc1F)C1CCSC1. The summed E-state index contributed by atoms with van der Waals surface area (Å²) in [4.78, 5) is 13.8. The summed E-state index contributed by atoms with van der Waals surface area (Å²) in [5.41, 5.74) is -0.421. The van der Waals surface area contributed by atoms with Crippen LogP contribution in [0.1, 0.15) is 16.8 Å². The Labute approximate surface area is 109 Å². The third kappa shape index (κ3) is 2.90. The van der Waals surface area contributed by atoms with Crippen molar-refractivity contribution in [1.82, 2.24) is 4.90 Å². The number of thioether (sulfide) groups is 1. The smallest absolute Gasteiger partial charge is 0.182 e. The molecule has 1 aromatic rings. The molecule has 1 fully saturated rings. The highest BCUT2D eigenvalue weighted by molar-refractivity contribution is 7.99.